The van der Waals surface area contributed by atoms with Crippen molar-refractivity contribution in [2.75, 3.05) is 43.1 Å². The Hall–Kier alpha value is -2.65. The van der Waals surface area contributed by atoms with Gasteiger partial charge in [-0.15, -0.1) is 0 Å². The predicted molar refractivity (Wildman–Crippen MR) is 140 cm³/mol. The summed E-state index contributed by atoms with van der Waals surface area (Å²) in [4.78, 5) is 44.6. The zero-order chi connectivity index (χ0) is 26.8. The summed E-state index contributed by atoms with van der Waals surface area (Å²) >= 11 is 0. The fourth-order valence-corrected chi connectivity index (χ4v) is 6.68. The maximum absolute atomic E-state index is 13.9. The van der Waals surface area contributed by atoms with E-state index in [4.69, 9.17) is 9.47 Å². The number of esters is 1. The van der Waals surface area contributed by atoms with Gasteiger partial charge in [-0.25, -0.2) is 0 Å². The Morgan fingerprint density at radius 3 is 2.46 bits per heavy atom. The van der Waals surface area contributed by atoms with Crippen molar-refractivity contribution in [2.45, 2.75) is 77.0 Å². The van der Waals surface area contributed by atoms with Crippen molar-refractivity contribution in [1.29, 1.82) is 0 Å². The number of ether oxygens (including phenoxy) is 2. The number of anilines is 2. The molecule has 37 heavy (non-hydrogen) atoms. The number of aliphatic hydroxyl groups is 1. The van der Waals surface area contributed by atoms with Crippen LogP contribution in [-0.2, 0) is 23.9 Å². The topological polar surface area (TPSA) is 108 Å². The molecule has 204 valence electrons. The second kappa shape index (κ2) is 11.0. The van der Waals surface area contributed by atoms with Gasteiger partial charge in [-0.1, -0.05) is 0 Å². The lowest BCUT2D eigenvalue weighted by molar-refractivity contribution is -0.158. The summed E-state index contributed by atoms with van der Waals surface area (Å²) in [5.41, 5.74) is -0.175. The maximum Gasteiger partial charge on any atom is 0.312 e. The number of aliphatic hydroxyl groups excluding tert-OH is 1. The van der Waals surface area contributed by atoms with Gasteiger partial charge >= 0.3 is 5.97 Å². The Bertz CT molecular complexity index is 996. The zero-order valence-corrected chi connectivity index (χ0v) is 22.5. The number of hydrogen-bond donors (Lipinski definition) is 2. The molecule has 3 fully saturated rings. The number of fused-ring (bicyclic) bond motifs is 1. The van der Waals surface area contributed by atoms with Crippen LogP contribution in [0.25, 0.3) is 0 Å². The zero-order valence-electron chi connectivity index (χ0n) is 22.5. The second-order valence-electron chi connectivity index (χ2n) is 10.5. The number of nitrogens with zero attached hydrogens (tertiary/aromatic N) is 2. The molecular weight excluding hydrogens is 474 g/mol. The van der Waals surface area contributed by atoms with Crippen molar-refractivity contribution in [3.8, 4) is 0 Å². The third-order valence-electron chi connectivity index (χ3n) is 8.39. The van der Waals surface area contributed by atoms with E-state index >= 15 is 0 Å². The van der Waals surface area contributed by atoms with Crippen molar-refractivity contribution < 1.29 is 29.0 Å². The number of carbonyl (C=O) groups is 3. The highest BCUT2D eigenvalue weighted by Gasteiger charge is 2.78. The monoisotopic (exact) mass is 515 g/mol. The lowest BCUT2D eigenvalue weighted by atomic mass is 9.66. The van der Waals surface area contributed by atoms with Crippen molar-refractivity contribution in [2.24, 2.45) is 11.8 Å². The van der Waals surface area contributed by atoms with Crippen LogP contribution in [0.4, 0.5) is 11.4 Å². The van der Waals surface area contributed by atoms with Crippen LogP contribution in [0.15, 0.2) is 24.3 Å². The van der Waals surface area contributed by atoms with Crippen LogP contribution >= 0.6 is 0 Å². The molecule has 1 aromatic carbocycles. The Morgan fingerprint density at radius 2 is 1.84 bits per heavy atom. The van der Waals surface area contributed by atoms with E-state index in [-0.39, 0.29) is 25.0 Å². The average Bonchev–Trinajstić information content (AvgIpc) is 3.44. The Labute approximate surface area is 219 Å². The van der Waals surface area contributed by atoms with Gasteiger partial charge in [0.15, 0.2) is 0 Å². The summed E-state index contributed by atoms with van der Waals surface area (Å²) in [6, 6.07) is 6.86. The minimum absolute atomic E-state index is 0.0836. The van der Waals surface area contributed by atoms with E-state index in [9.17, 15) is 19.5 Å². The van der Waals surface area contributed by atoms with E-state index in [0.717, 1.165) is 25.2 Å². The highest BCUT2D eigenvalue weighted by molar-refractivity contribution is 6.03. The maximum atomic E-state index is 13.9. The van der Waals surface area contributed by atoms with Crippen LogP contribution in [-0.4, -0.2) is 77.9 Å². The summed E-state index contributed by atoms with van der Waals surface area (Å²) in [6.45, 7) is 10.3. The van der Waals surface area contributed by atoms with Crippen LogP contribution in [0.5, 0.6) is 0 Å². The van der Waals surface area contributed by atoms with E-state index in [1.165, 1.54) is 0 Å². The minimum atomic E-state index is -1.06. The summed E-state index contributed by atoms with van der Waals surface area (Å²) < 4.78 is 11.9. The third-order valence-corrected chi connectivity index (χ3v) is 8.39. The summed E-state index contributed by atoms with van der Waals surface area (Å²) in [5.74, 6) is -2.44. The molecule has 9 heteroatoms. The lowest BCUT2D eigenvalue weighted by Crippen LogP contribution is -2.53. The number of carbonyl (C=O) groups excluding carboxylic acids is 3. The van der Waals surface area contributed by atoms with Crippen LogP contribution in [0.1, 0.15) is 59.8 Å². The van der Waals surface area contributed by atoms with Crippen molar-refractivity contribution in [3.05, 3.63) is 24.3 Å². The van der Waals surface area contributed by atoms with Gasteiger partial charge in [0.2, 0.25) is 11.8 Å². The number of benzene rings is 1. The summed E-state index contributed by atoms with van der Waals surface area (Å²) in [7, 11) is 0. The first-order valence-electron chi connectivity index (χ1n) is 13.7. The molecule has 3 aliphatic heterocycles. The minimum Gasteiger partial charge on any atom is -0.466 e. The first-order valence-corrected chi connectivity index (χ1v) is 13.7. The number of hydrogen-bond acceptors (Lipinski definition) is 7. The largest absolute Gasteiger partial charge is 0.466 e. The molecule has 0 aromatic heterocycles. The number of likely N-dealkylation sites (tertiary alicyclic amines) is 1. The van der Waals surface area contributed by atoms with Gasteiger partial charge in [0.1, 0.15) is 17.6 Å². The van der Waals surface area contributed by atoms with Crippen molar-refractivity contribution >= 4 is 29.2 Å². The molecule has 2 bridgehead atoms. The molecule has 5 atom stereocenters. The predicted octanol–water partition coefficient (Wildman–Crippen LogP) is 2.96. The van der Waals surface area contributed by atoms with Crippen LogP contribution in [0.3, 0.4) is 0 Å². The smallest absolute Gasteiger partial charge is 0.312 e. The van der Waals surface area contributed by atoms with E-state index in [2.05, 4.69) is 24.1 Å². The molecule has 1 aromatic rings. The molecule has 2 N–H and O–H groups in total. The van der Waals surface area contributed by atoms with Crippen LogP contribution in [0, 0.1) is 11.8 Å². The molecule has 3 aliphatic rings. The molecule has 1 spiro atoms. The summed E-state index contributed by atoms with van der Waals surface area (Å²) in [6.07, 6.45) is 3.13. The molecular formula is C28H41N3O6. The molecule has 4 rings (SSSR count). The Balaban J connectivity index is 1.62. The molecule has 3 heterocycles. The Kier molecular flexibility index (Phi) is 8.14. The molecule has 2 amide bonds. The summed E-state index contributed by atoms with van der Waals surface area (Å²) in [5, 5.41) is 12.2. The highest BCUT2D eigenvalue weighted by Crippen LogP contribution is 2.63. The van der Waals surface area contributed by atoms with E-state index in [1.54, 1.807) is 11.8 Å². The lowest BCUT2D eigenvalue weighted by Gasteiger charge is -2.33. The first kappa shape index (κ1) is 27.4. The van der Waals surface area contributed by atoms with Gasteiger partial charge in [0.25, 0.3) is 0 Å². The van der Waals surface area contributed by atoms with Gasteiger partial charge in [0, 0.05) is 37.6 Å². The van der Waals surface area contributed by atoms with Gasteiger partial charge < -0.3 is 29.7 Å². The van der Waals surface area contributed by atoms with Gasteiger partial charge in [-0.3, -0.25) is 14.4 Å². The molecule has 3 saturated heterocycles. The SMILES string of the molecule is CCOC(=O)[C@@H]1[C@H]2C(=O)N(CCCCCO)C(C(=O)Nc3ccc(N(CC)CC)cc3)C23CC[C@@]1(C)O3. The van der Waals surface area contributed by atoms with E-state index in [0.29, 0.717) is 37.9 Å². The van der Waals surface area contributed by atoms with Crippen LogP contribution in [0.2, 0.25) is 0 Å². The van der Waals surface area contributed by atoms with Crippen molar-refractivity contribution in [3.63, 3.8) is 0 Å². The fourth-order valence-electron chi connectivity index (χ4n) is 6.68. The standard InChI is InChI=1S/C28H41N3O6/c1-5-30(6-2)20-13-11-19(12-14-20)29-24(33)23-28-16-15-27(4,37-28)22(26(35)36-7-3)21(28)25(34)31(23)17-9-8-10-18-32/h11-14,21-23,32H,5-10,15-18H2,1-4H3,(H,29,33)/t21-,22-,23?,27+,28?/m0/s1. The fraction of sp³-hybridized carbons (Fsp3) is 0.679. The number of amides is 2. The van der Waals surface area contributed by atoms with Gasteiger partial charge in [-0.05, 0) is 84.1 Å². The molecule has 0 radical (unpaired) electrons. The normalized spacial score (nSPS) is 29.9. The third kappa shape index (κ3) is 4.72. The number of unbranched alkanes of at least 4 members (excludes halogenated alkanes) is 2. The van der Waals surface area contributed by atoms with Crippen LogP contribution < -0.4 is 10.2 Å². The van der Waals surface area contributed by atoms with Gasteiger partial charge in [-0.2, -0.15) is 0 Å². The number of rotatable bonds is 12. The molecule has 2 unspecified atom stereocenters. The number of nitrogens with one attached hydrogen (secondary N) is 1. The van der Waals surface area contributed by atoms with E-state index in [1.807, 2.05) is 31.2 Å². The quantitative estimate of drug-likeness (QED) is 0.325. The van der Waals surface area contributed by atoms with Gasteiger partial charge in [0.05, 0.1) is 18.1 Å². The molecule has 9 nitrogen and oxygen atoms in total. The first-order chi connectivity index (χ1) is 17.8. The molecule has 0 aliphatic carbocycles. The average molecular weight is 516 g/mol. The highest BCUT2D eigenvalue weighted by atomic mass is 16.6. The molecule has 0 saturated carbocycles. The Morgan fingerprint density at radius 1 is 1.14 bits per heavy atom. The van der Waals surface area contributed by atoms with Crippen molar-refractivity contribution in [1.82, 2.24) is 4.90 Å². The second-order valence-corrected chi connectivity index (χ2v) is 10.5. The van der Waals surface area contributed by atoms with E-state index < -0.39 is 35.0 Å².